The summed E-state index contributed by atoms with van der Waals surface area (Å²) in [6.45, 7) is 3.64. The van der Waals surface area contributed by atoms with Crippen LogP contribution in [0.4, 0.5) is 4.79 Å². The number of fused-ring (bicyclic) bond motifs is 1. The quantitative estimate of drug-likeness (QED) is 0.503. The number of likely N-dealkylation sites (N-methyl/N-ethyl adjacent to an activating group) is 1. The Hall–Kier alpha value is -0.770. The van der Waals surface area contributed by atoms with E-state index in [0.29, 0.717) is 6.04 Å². The molecule has 0 aromatic rings. The first-order chi connectivity index (χ1) is 5.29. The molecule has 2 amide bonds. The molecule has 1 unspecified atom stereocenters. The Labute approximate surface area is 66.1 Å². The fourth-order valence-electron chi connectivity index (χ4n) is 1.79. The molecule has 4 heteroatoms. The van der Waals surface area contributed by atoms with Crippen LogP contribution in [0.5, 0.6) is 0 Å². The van der Waals surface area contributed by atoms with E-state index in [1.54, 1.807) is 4.90 Å². The van der Waals surface area contributed by atoms with Crippen molar-refractivity contribution >= 4 is 6.03 Å². The molecule has 0 aromatic heterocycles. The molecule has 2 aliphatic heterocycles. The molecule has 2 aliphatic rings. The van der Waals surface area contributed by atoms with Crippen LogP contribution in [0.15, 0.2) is 0 Å². The maximum atomic E-state index is 11.4. The van der Waals surface area contributed by atoms with Crippen molar-refractivity contribution in [2.45, 2.75) is 6.04 Å². The standard InChI is InChI=1S/C7H13N3O/c1-9-5-6-4-8-2-3-10(6)7(9)11/h6,8H,2-5H2,1H3. The van der Waals surface area contributed by atoms with Crippen molar-refractivity contribution in [2.75, 3.05) is 33.2 Å². The van der Waals surface area contributed by atoms with Gasteiger partial charge in [0.1, 0.15) is 0 Å². The van der Waals surface area contributed by atoms with Crippen LogP contribution in [0, 0.1) is 0 Å². The topological polar surface area (TPSA) is 35.6 Å². The summed E-state index contributed by atoms with van der Waals surface area (Å²) in [4.78, 5) is 15.1. The third-order valence-corrected chi connectivity index (χ3v) is 2.41. The van der Waals surface area contributed by atoms with Crippen LogP contribution in [-0.2, 0) is 0 Å². The van der Waals surface area contributed by atoms with Gasteiger partial charge in [-0.05, 0) is 0 Å². The van der Waals surface area contributed by atoms with Gasteiger partial charge >= 0.3 is 6.03 Å². The summed E-state index contributed by atoms with van der Waals surface area (Å²) >= 11 is 0. The van der Waals surface area contributed by atoms with E-state index in [4.69, 9.17) is 0 Å². The number of hydrogen-bond acceptors (Lipinski definition) is 2. The average molecular weight is 155 g/mol. The summed E-state index contributed by atoms with van der Waals surface area (Å²) in [5.41, 5.74) is 0. The molecule has 2 saturated heterocycles. The molecule has 1 atom stereocenters. The lowest BCUT2D eigenvalue weighted by Gasteiger charge is -2.28. The van der Waals surface area contributed by atoms with Crippen molar-refractivity contribution in [3.05, 3.63) is 0 Å². The van der Waals surface area contributed by atoms with E-state index < -0.39 is 0 Å². The zero-order valence-electron chi connectivity index (χ0n) is 6.71. The number of carbonyl (C=O) groups excluding carboxylic acids is 1. The molecule has 0 bridgehead atoms. The van der Waals surface area contributed by atoms with Crippen LogP contribution in [-0.4, -0.2) is 55.1 Å². The lowest BCUT2D eigenvalue weighted by atomic mass is 10.2. The maximum absolute atomic E-state index is 11.4. The minimum absolute atomic E-state index is 0.191. The summed E-state index contributed by atoms with van der Waals surface area (Å²) in [5.74, 6) is 0. The lowest BCUT2D eigenvalue weighted by molar-refractivity contribution is 0.182. The van der Waals surface area contributed by atoms with Gasteiger partial charge in [-0.1, -0.05) is 0 Å². The van der Waals surface area contributed by atoms with Crippen molar-refractivity contribution in [3.8, 4) is 0 Å². The van der Waals surface area contributed by atoms with E-state index in [1.807, 2.05) is 11.9 Å². The van der Waals surface area contributed by atoms with E-state index in [9.17, 15) is 4.79 Å². The van der Waals surface area contributed by atoms with Crippen LogP contribution in [0.3, 0.4) is 0 Å². The third kappa shape index (κ3) is 0.976. The highest BCUT2D eigenvalue weighted by molar-refractivity contribution is 5.77. The van der Waals surface area contributed by atoms with Crippen molar-refractivity contribution < 1.29 is 4.79 Å². The fraction of sp³-hybridized carbons (Fsp3) is 0.857. The van der Waals surface area contributed by atoms with Gasteiger partial charge in [0.15, 0.2) is 0 Å². The summed E-state index contributed by atoms with van der Waals surface area (Å²) < 4.78 is 0. The first kappa shape index (κ1) is 6.91. The number of piperazine rings is 1. The van der Waals surface area contributed by atoms with Crippen LogP contribution < -0.4 is 5.32 Å². The van der Waals surface area contributed by atoms with Gasteiger partial charge < -0.3 is 15.1 Å². The molecule has 0 radical (unpaired) electrons. The van der Waals surface area contributed by atoms with Gasteiger partial charge in [-0.2, -0.15) is 0 Å². The Balaban J connectivity index is 2.11. The van der Waals surface area contributed by atoms with Gasteiger partial charge in [0.25, 0.3) is 0 Å². The van der Waals surface area contributed by atoms with Gasteiger partial charge in [-0.3, -0.25) is 0 Å². The molecule has 2 rings (SSSR count). The Morgan fingerprint density at radius 1 is 1.64 bits per heavy atom. The number of nitrogens with zero attached hydrogens (tertiary/aromatic N) is 2. The minimum atomic E-state index is 0.191. The van der Waals surface area contributed by atoms with Gasteiger partial charge in [0.2, 0.25) is 0 Å². The molecule has 11 heavy (non-hydrogen) atoms. The lowest BCUT2D eigenvalue weighted by Crippen LogP contribution is -2.49. The van der Waals surface area contributed by atoms with Crippen molar-refractivity contribution in [1.82, 2.24) is 15.1 Å². The van der Waals surface area contributed by atoms with E-state index in [1.165, 1.54) is 0 Å². The van der Waals surface area contributed by atoms with E-state index in [0.717, 1.165) is 26.2 Å². The molecule has 0 spiro atoms. The van der Waals surface area contributed by atoms with E-state index in [2.05, 4.69) is 5.32 Å². The monoisotopic (exact) mass is 155 g/mol. The zero-order valence-corrected chi connectivity index (χ0v) is 6.71. The highest BCUT2D eigenvalue weighted by Crippen LogP contribution is 2.14. The maximum Gasteiger partial charge on any atom is 0.320 e. The van der Waals surface area contributed by atoms with Crippen LogP contribution in [0.25, 0.3) is 0 Å². The number of carbonyl (C=O) groups is 1. The van der Waals surface area contributed by atoms with E-state index in [-0.39, 0.29) is 6.03 Å². The largest absolute Gasteiger partial charge is 0.326 e. The normalized spacial score (nSPS) is 31.0. The Morgan fingerprint density at radius 2 is 2.45 bits per heavy atom. The third-order valence-electron chi connectivity index (χ3n) is 2.41. The second-order valence-corrected chi connectivity index (χ2v) is 3.21. The first-order valence-electron chi connectivity index (χ1n) is 4.01. The van der Waals surface area contributed by atoms with Crippen molar-refractivity contribution in [1.29, 1.82) is 0 Å². The van der Waals surface area contributed by atoms with Crippen molar-refractivity contribution in [2.24, 2.45) is 0 Å². The summed E-state index contributed by atoms with van der Waals surface area (Å²) in [5, 5.41) is 3.28. The van der Waals surface area contributed by atoms with E-state index >= 15 is 0 Å². The van der Waals surface area contributed by atoms with Gasteiger partial charge in [-0.15, -0.1) is 0 Å². The first-order valence-corrected chi connectivity index (χ1v) is 4.01. The molecule has 0 aromatic carbocycles. The average Bonchev–Trinajstić information content (AvgIpc) is 2.30. The predicted molar refractivity (Wildman–Crippen MR) is 41.4 cm³/mol. The molecule has 4 nitrogen and oxygen atoms in total. The van der Waals surface area contributed by atoms with Gasteiger partial charge in [0.05, 0.1) is 6.04 Å². The number of urea groups is 1. The second-order valence-electron chi connectivity index (χ2n) is 3.21. The van der Waals surface area contributed by atoms with Crippen molar-refractivity contribution in [3.63, 3.8) is 0 Å². The summed E-state index contributed by atoms with van der Waals surface area (Å²) in [6, 6.07) is 0.609. The number of amides is 2. The highest BCUT2D eigenvalue weighted by Gasteiger charge is 2.35. The predicted octanol–water partition coefficient (Wildman–Crippen LogP) is -0.674. The zero-order chi connectivity index (χ0) is 7.84. The highest BCUT2D eigenvalue weighted by atomic mass is 16.2. The molecule has 2 heterocycles. The van der Waals surface area contributed by atoms with Crippen LogP contribution >= 0.6 is 0 Å². The Kier molecular flexibility index (Phi) is 1.49. The number of nitrogens with one attached hydrogen (secondary N) is 1. The fourth-order valence-corrected chi connectivity index (χ4v) is 1.79. The Bertz CT molecular complexity index is 183. The summed E-state index contributed by atoms with van der Waals surface area (Å²) in [7, 11) is 1.86. The molecule has 2 fully saturated rings. The smallest absolute Gasteiger partial charge is 0.320 e. The molecular formula is C7H13N3O. The Morgan fingerprint density at radius 3 is 3.18 bits per heavy atom. The molecule has 1 N–H and O–H groups in total. The summed E-state index contributed by atoms with van der Waals surface area (Å²) in [6.07, 6.45) is 0. The molecule has 0 aliphatic carbocycles. The SMILES string of the molecule is CN1CC2CNCCN2C1=O. The number of hydrogen-bond donors (Lipinski definition) is 1. The molecular weight excluding hydrogens is 142 g/mol. The van der Waals surface area contributed by atoms with Crippen LogP contribution in [0.1, 0.15) is 0 Å². The van der Waals surface area contributed by atoms with Gasteiger partial charge in [-0.25, -0.2) is 4.79 Å². The molecule has 0 saturated carbocycles. The van der Waals surface area contributed by atoms with Gasteiger partial charge in [0, 0.05) is 33.2 Å². The number of rotatable bonds is 0. The molecule has 62 valence electrons. The van der Waals surface area contributed by atoms with Crippen LogP contribution in [0.2, 0.25) is 0 Å². The second kappa shape index (κ2) is 2.37. The minimum Gasteiger partial charge on any atom is -0.326 e.